The minimum absolute atomic E-state index is 0.0641. The molecule has 0 fully saturated rings. The fraction of sp³-hybridized carbons (Fsp3) is 0.467. The summed E-state index contributed by atoms with van der Waals surface area (Å²) in [5.41, 5.74) is -2.55. The highest BCUT2D eigenvalue weighted by Gasteiger charge is 2.62. The van der Waals surface area contributed by atoms with Gasteiger partial charge >= 0.3 is 6.18 Å². The molecule has 1 atom stereocenters. The molecule has 1 unspecified atom stereocenters. The van der Waals surface area contributed by atoms with Gasteiger partial charge in [0.2, 0.25) is 0 Å². The molecule has 9 heteroatoms. The summed E-state index contributed by atoms with van der Waals surface area (Å²) in [6.07, 6.45) is -5.60. The lowest BCUT2D eigenvalue weighted by Gasteiger charge is -2.32. The SMILES string of the molecule is CCC1=NN(C(=O)COc2ccc(Cl)c(C)c2)C(O)(C(F)(F)F)C1. The number of carbonyl (C=O) groups excluding carboxylic acids is 1. The fourth-order valence-corrected chi connectivity index (χ4v) is 2.33. The van der Waals surface area contributed by atoms with Crippen LogP contribution < -0.4 is 4.74 Å². The van der Waals surface area contributed by atoms with Crippen molar-refractivity contribution in [3.63, 3.8) is 0 Å². The molecule has 0 radical (unpaired) electrons. The Kier molecular flexibility index (Phi) is 5.10. The highest BCUT2D eigenvalue weighted by Crippen LogP contribution is 2.40. The van der Waals surface area contributed by atoms with Crippen LogP contribution in [0.5, 0.6) is 5.75 Å². The first-order valence-electron chi connectivity index (χ1n) is 7.16. The monoisotopic (exact) mass is 364 g/mol. The van der Waals surface area contributed by atoms with Crippen LogP contribution in [0, 0.1) is 6.92 Å². The number of hydrogen-bond donors (Lipinski definition) is 1. The number of hydrogen-bond acceptors (Lipinski definition) is 4. The number of aryl methyl sites for hydroxylation is 1. The summed E-state index contributed by atoms with van der Waals surface area (Å²) in [5.74, 6) is -0.814. The molecule has 1 amide bonds. The van der Waals surface area contributed by atoms with E-state index in [9.17, 15) is 23.1 Å². The van der Waals surface area contributed by atoms with Gasteiger partial charge in [0.1, 0.15) is 5.75 Å². The standard InChI is InChI=1S/C15H16ClF3N2O3/c1-3-10-7-14(23,15(17,18)19)21(20-10)13(22)8-24-11-4-5-12(16)9(2)6-11/h4-6,23H,3,7-8H2,1-2H3. The minimum Gasteiger partial charge on any atom is -0.484 e. The van der Waals surface area contributed by atoms with Crippen molar-refractivity contribution in [2.45, 2.75) is 38.6 Å². The van der Waals surface area contributed by atoms with Crippen molar-refractivity contribution in [3.8, 4) is 5.75 Å². The van der Waals surface area contributed by atoms with Crippen LogP contribution in [0.4, 0.5) is 13.2 Å². The molecular formula is C15H16ClF3N2O3. The van der Waals surface area contributed by atoms with Crippen molar-refractivity contribution in [2.24, 2.45) is 5.10 Å². The van der Waals surface area contributed by atoms with Gasteiger partial charge < -0.3 is 9.84 Å². The van der Waals surface area contributed by atoms with Crippen molar-refractivity contribution in [1.29, 1.82) is 0 Å². The lowest BCUT2D eigenvalue weighted by atomic mass is 10.1. The van der Waals surface area contributed by atoms with Gasteiger partial charge in [0.05, 0.1) is 0 Å². The predicted molar refractivity (Wildman–Crippen MR) is 81.9 cm³/mol. The first kappa shape index (κ1) is 18.5. The molecule has 1 aromatic carbocycles. The van der Waals surface area contributed by atoms with Gasteiger partial charge in [-0.25, -0.2) is 0 Å². The first-order valence-corrected chi connectivity index (χ1v) is 7.53. The van der Waals surface area contributed by atoms with Crippen LogP contribution in [0.15, 0.2) is 23.3 Å². The average molecular weight is 365 g/mol. The molecule has 1 aliphatic heterocycles. The molecule has 1 N–H and O–H groups in total. The van der Waals surface area contributed by atoms with E-state index >= 15 is 0 Å². The number of carbonyl (C=O) groups is 1. The molecule has 2 rings (SSSR count). The maximum Gasteiger partial charge on any atom is 0.438 e. The van der Waals surface area contributed by atoms with Crippen LogP contribution in [-0.2, 0) is 4.79 Å². The van der Waals surface area contributed by atoms with E-state index in [4.69, 9.17) is 16.3 Å². The van der Waals surface area contributed by atoms with Crippen molar-refractivity contribution in [3.05, 3.63) is 28.8 Å². The zero-order valence-corrected chi connectivity index (χ0v) is 13.8. The van der Waals surface area contributed by atoms with Crippen molar-refractivity contribution in [1.82, 2.24) is 5.01 Å². The zero-order valence-electron chi connectivity index (χ0n) is 13.0. The summed E-state index contributed by atoms with van der Waals surface area (Å²) in [6, 6.07) is 4.59. The molecule has 132 valence electrons. The Balaban J connectivity index is 2.14. The minimum atomic E-state index is -5.03. The quantitative estimate of drug-likeness (QED) is 0.891. The molecule has 0 aliphatic carbocycles. The summed E-state index contributed by atoms with van der Waals surface area (Å²) in [4.78, 5) is 12.1. The Labute approximate surface area is 141 Å². The second-order valence-corrected chi connectivity index (χ2v) is 5.82. The molecule has 24 heavy (non-hydrogen) atoms. The summed E-state index contributed by atoms with van der Waals surface area (Å²) in [7, 11) is 0. The van der Waals surface area contributed by atoms with E-state index in [0.29, 0.717) is 10.6 Å². The van der Waals surface area contributed by atoms with E-state index in [1.165, 1.54) is 6.07 Å². The molecule has 0 spiro atoms. The Morgan fingerprint density at radius 1 is 1.50 bits per heavy atom. The lowest BCUT2D eigenvalue weighted by Crippen LogP contribution is -2.57. The largest absolute Gasteiger partial charge is 0.484 e. The highest BCUT2D eigenvalue weighted by atomic mass is 35.5. The molecule has 1 heterocycles. The molecule has 1 aromatic rings. The average Bonchev–Trinajstić information content (AvgIpc) is 2.86. The molecule has 5 nitrogen and oxygen atoms in total. The smallest absolute Gasteiger partial charge is 0.438 e. The maximum atomic E-state index is 13.2. The number of ether oxygens (including phenoxy) is 1. The van der Waals surface area contributed by atoms with Crippen molar-refractivity contribution < 1.29 is 27.8 Å². The molecular weight excluding hydrogens is 349 g/mol. The molecule has 0 bridgehead atoms. The van der Waals surface area contributed by atoms with Gasteiger partial charge in [-0.1, -0.05) is 18.5 Å². The van der Waals surface area contributed by atoms with Gasteiger partial charge in [-0.3, -0.25) is 4.79 Å². The van der Waals surface area contributed by atoms with Gasteiger partial charge in [0.15, 0.2) is 6.61 Å². The number of benzene rings is 1. The third kappa shape index (κ3) is 3.49. The number of halogens is 4. The van der Waals surface area contributed by atoms with Gasteiger partial charge in [0, 0.05) is 17.2 Å². The van der Waals surface area contributed by atoms with Crippen LogP contribution in [0.2, 0.25) is 5.02 Å². The topological polar surface area (TPSA) is 62.1 Å². The fourth-order valence-electron chi connectivity index (χ4n) is 2.21. The third-order valence-corrected chi connectivity index (χ3v) is 4.06. The van der Waals surface area contributed by atoms with Crippen LogP contribution in [-0.4, -0.2) is 40.2 Å². The highest BCUT2D eigenvalue weighted by molar-refractivity contribution is 6.31. The van der Waals surface area contributed by atoms with Crippen LogP contribution in [0.1, 0.15) is 25.3 Å². The molecule has 0 aromatic heterocycles. The van der Waals surface area contributed by atoms with Crippen molar-refractivity contribution in [2.75, 3.05) is 6.61 Å². The first-order chi connectivity index (χ1) is 11.1. The van der Waals surface area contributed by atoms with Crippen LogP contribution in [0.25, 0.3) is 0 Å². The maximum absolute atomic E-state index is 13.2. The summed E-state index contributed by atoms with van der Waals surface area (Å²) < 4.78 is 44.7. The van der Waals surface area contributed by atoms with E-state index in [2.05, 4.69) is 5.10 Å². The van der Waals surface area contributed by atoms with E-state index in [-0.39, 0.29) is 22.9 Å². The summed E-state index contributed by atoms with van der Waals surface area (Å²) in [5, 5.41) is 14.1. The van der Waals surface area contributed by atoms with Crippen LogP contribution >= 0.6 is 11.6 Å². The van der Waals surface area contributed by atoms with Gasteiger partial charge in [-0.15, -0.1) is 0 Å². The van der Waals surface area contributed by atoms with E-state index < -0.39 is 30.8 Å². The van der Waals surface area contributed by atoms with E-state index in [0.717, 1.165) is 0 Å². The number of alkyl halides is 3. The van der Waals surface area contributed by atoms with Gasteiger partial charge in [-0.2, -0.15) is 23.3 Å². The Morgan fingerprint density at radius 2 is 2.17 bits per heavy atom. The molecule has 0 saturated heterocycles. The van der Waals surface area contributed by atoms with E-state index in [1.807, 2.05) is 0 Å². The zero-order chi connectivity index (χ0) is 18.1. The Bertz CT molecular complexity index is 678. The van der Waals surface area contributed by atoms with Gasteiger partial charge in [0.25, 0.3) is 11.6 Å². The normalized spacial score (nSPS) is 21.0. The Morgan fingerprint density at radius 3 is 2.71 bits per heavy atom. The second-order valence-electron chi connectivity index (χ2n) is 5.42. The summed E-state index contributed by atoms with van der Waals surface area (Å²) in [6.45, 7) is 2.62. The van der Waals surface area contributed by atoms with Gasteiger partial charge in [-0.05, 0) is 37.1 Å². The second kappa shape index (κ2) is 6.60. The lowest BCUT2D eigenvalue weighted by molar-refractivity contribution is -0.302. The van der Waals surface area contributed by atoms with Crippen molar-refractivity contribution >= 4 is 23.2 Å². The molecule has 1 aliphatic rings. The third-order valence-electron chi connectivity index (χ3n) is 3.63. The number of hydrazone groups is 1. The number of aliphatic hydroxyl groups is 1. The number of rotatable bonds is 4. The van der Waals surface area contributed by atoms with Crippen LogP contribution in [0.3, 0.4) is 0 Å². The Hall–Kier alpha value is -1.80. The molecule has 0 saturated carbocycles. The predicted octanol–water partition coefficient (Wildman–Crippen LogP) is 3.28. The number of amides is 1. The summed E-state index contributed by atoms with van der Waals surface area (Å²) >= 11 is 5.86. The number of nitrogens with zero attached hydrogens (tertiary/aromatic N) is 2. The van der Waals surface area contributed by atoms with E-state index in [1.54, 1.807) is 26.0 Å².